The molecule has 2 aliphatic rings. The summed E-state index contributed by atoms with van der Waals surface area (Å²) >= 11 is 0. The highest BCUT2D eigenvalue weighted by molar-refractivity contribution is 5.85. The summed E-state index contributed by atoms with van der Waals surface area (Å²) in [6.07, 6.45) is 5.72. The van der Waals surface area contributed by atoms with E-state index < -0.39 is 0 Å². The molecule has 0 bridgehead atoms. The molecule has 0 aromatic rings. The van der Waals surface area contributed by atoms with Gasteiger partial charge in [0.1, 0.15) is 0 Å². The number of rotatable bonds is 2. The molecule has 2 fully saturated rings. The summed E-state index contributed by atoms with van der Waals surface area (Å²) in [6.45, 7) is 2.12. The predicted octanol–water partition coefficient (Wildman–Crippen LogP) is 1.42. The van der Waals surface area contributed by atoms with Crippen LogP contribution in [0.4, 0.5) is 0 Å². The molecule has 88 valence electrons. The first-order valence-corrected chi connectivity index (χ1v) is 5.76. The average molecular weight is 233 g/mol. The van der Waals surface area contributed by atoms with E-state index in [2.05, 4.69) is 5.32 Å². The van der Waals surface area contributed by atoms with Crippen LogP contribution >= 0.6 is 12.4 Å². The van der Waals surface area contributed by atoms with Crippen molar-refractivity contribution in [3.63, 3.8) is 0 Å². The first-order valence-electron chi connectivity index (χ1n) is 5.76. The minimum atomic E-state index is 0. The fraction of sp³-hybridized carbons (Fsp3) is 0.909. The zero-order valence-corrected chi connectivity index (χ0v) is 10.2. The van der Waals surface area contributed by atoms with E-state index in [4.69, 9.17) is 0 Å². The molecule has 0 atom stereocenters. The van der Waals surface area contributed by atoms with Crippen LogP contribution < -0.4 is 5.32 Å². The van der Waals surface area contributed by atoms with Gasteiger partial charge in [-0.25, -0.2) is 0 Å². The number of halogens is 1. The normalized spacial score (nSPS) is 22.7. The molecule has 15 heavy (non-hydrogen) atoms. The molecule has 2 rings (SSSR count). The SMILES string of the molecule is CN(C(=O)C1CCC1)C1CCNCC1.Cl. The Morgan fingerprint density at radius 1 is 1.20 bits per heavy atom. The maximum Gasteiger partial charge on any atom is 0.225 e. The van der Waals surface area contributed by atoms with Crippen molar-refractivity contribution in [3.8, 4) is 0 Å². The summed E-state index contributed by atoms with van der Waals surface area (Å²) in [5.41, 5.74) is 0. The van der Waals surface area contributed by atoms with Crippen LogP contribution in [0.2, 0.25) is 0 Å². The van der Waals surface area contributed by atoms with Gasteiger partial charge in [0, 0.05) is 19.0 Å². The Kier molecular flexibility index (Phi) is 4.87. The zero-order chi connectivity index (χ0) is 9.97. The van der Waals surface area contributed by atoms with Crippen molar-refractivity contribution < 1.29 is 4.79 Å². The summed E-state index contributed by atoms with van der Waals surface area (Å²) in [6, 6.07) is 0.490. The van der Waals surface area contributed by atoms with Crippen LogP contribution in [-0.4, -0.2) is 37.0 Å². The van der Waals surface area contributed by atoms with E-state index in [1.807, 2.05) is 11.9 Å². The fourth-order valence-electron chi connectivity index (χ4n) is 2.32. The Bertz CT molecular complexity index is 213. The van der Waals surface area contributed by atoms with Crippen LogP contribution in [0.5, 0.6) is 0 Å². The summed E-state index contributed by atoms with van der Waals surface area (Å²) < 4.78 is 0. The van der Waals surface area contributed by atoms with E-state index in [-0.39, 0.29) is 12.4 Å². The van der Waals surface area contributed by atoms with Crippen molar-refractivity contribution in [2.45, 2.75) is 38.1 Å². The van der Waals surface area contributed by atoms with Crippen molar-refractivity contribution in [1.29, 1.82) is 0 Å². The largest absolute Gasteiger partial charge is 0.342 e. The smallest absolute Gasteiger partial charge is 0.225 e. The lowest BCUT2D eigenvalue weighted by atomic mass is 9.84. The van der Waals surface area contributed by atoms with Gasteiger partial charge >= 0.3 is 0 Å². The summed E-state index contributed by atoms with van der Waals surface area (Å²) in [5, 5.41) is 3.33. The molecule has 0 radical (unpaired) electrons. The molecule has 1 aliphatic carbocycles. The second-order valence-electron chi connectivity index (χ2n) is 4.56. The molecule has 4 heteroatoms. The van der Waals surface area contributed by atoms with Gasteiger partial charge in [-0.05, 0) is 38.8 Å². The lowest BCUT2D eigenvalue weighted by Gasteiger charge is -2.36. The Hall–Kier alpha value is -0.280. The van der Waals surface area contributed by atoms with E-state index in [0.717, 1.165) is 38.8 Å². The van der Waals surface area contributed by atoms with Gasteiger partial charge in [-0.1, -0.05) is 6.42 Å². The van der Waals surface area contributed by atoms with Gasteiger partial charge in [0.2, 0.25) is 5.91 Å². The van der Waals surface area contributed by atoms with Crippen molar-refractivity contribution in [3.05, 3.63) is 0 Å². The van der Waals surface area contributed by atoms with Crippen LogP contribution in [0.3, 0.4) is 0 Å². The monoisotopic (exact) mass is 232 g/mol. The Labute approximate surface area is 98.0 Å². The van der Waals surface area contributed by atoms with Crippen molar-refractivity contribution in [2.75, 3.05) is 20.1 Å². The molecule has 1 saturated carbocycles. The van der Waals surface area contributed by atoms with E-state index >= 15 is 0 Å². The second kappa shape index (κ2) is 5.71. The number of carbonyl (C=O) groups excluding carboxylic acids is 1. The van der Waals surface area contributed by atoms with Crippen LogP contribution in [0.1, 0.15) is 32.1 Å². The van der Waals surface area contributed by atoms with Gasteiger partial charge in [-0.3, -0.25) is 4.79 Å². The summed E-state index contributed by atoms with van der Waals surface area (Å²) in [7, 11) is 1.98. The highest BCUT2D eigenvalue weighted by atomic mass is 35.5. The molecular weight excluding hydrogens is 212 g/mol. The van der Waals surface area contributed by atoms with Crippen LogP contribution in [0.15, 0.2) is 0 Å². The number of hydrogen-bond acceptors (Lipinski definition) is 2. The molecule has 0 unspecified atom stereocenters. The third-order valence-electron chi connectivity index (χ3n) is 3.66. The standard InChI is InChI=1S/C11H20N2O.ClH/c1-13(10-5-7-12-8-6-10)11(14)9-3-2-4-9;/h9-10,12H,2-8H2,1H3;1H. The minimum absolute atomic E-state index is 0. The quantitative estimate of drug-likeness (QED) is 0.781. The third kappa shape index (κ3) is 2.85. The first-order chi connectivity index (χ1) is 6.79. The molecule has 1 N–H and O–H groups in total. The van der Waals surface area contributed by atoms with Gasteiger partial charge in [0.15, 0.2) is 0 Å². The Morgan fingerprint density at radius 3 is 2.27 bits per heavy atom. The average Bonchev–Trinajstić information content (AvgIpc) is 2.15. The maximum atomic E-state index is 11.9. The van der Waals surface area contributed by atoms with Crippen LogP contribution in [0, 0.1) is 5.92 Å². The van der Waals surface area contributed by atoms with E-state index in [0.29, 0.717) is 17.9 Å². The predicted molar refractivity (Wildman–Crippen MR) is 63.3 cm³/mol. The number of nitrogens with zero attached hydrogens (tertiary/aromatic N) is 1. The lowest BCUT2D eigenvalue weighted by molar-refractivity contribution is -0.139. The molecule has 3 nitrogen and oxygen atoms in total. The molecule has 1 saturated heterocycles. The second-order valence-corrected chi connectivity index (χ2v) is 4.56. The summed E-state index contributed by atoms with van der Waals surface area (Å²) in [4.78, 5) is 13.9. The third-order valence-corrected chi connectivity index (χ3v) is 3.66. The van der Waals surface area contributed by atoms with Crippen LogP contribution in [0.25, 0.3) is 0 Å². The van der Waals surface area contributed by atoms with Crippen molar-refractivity contribution in [2.24, 2.45) is 5.92 Å². The van der Waals surface area contributed by atoms with Gasteiger partial charge < -0.3 is 10.2 Å². The Morgan fingerprint density at radius 2 is 1.80 bits per heavy atom. The molecular formula is C11H21ClN2O. The van der Waals surface area contributed by atoms with Gasteiger partial charge in [0.05, 0.1) is 0 Å². The van der Waals surface area contributed by atoms with Crippen molar-refractivity contribution >= 4 is 18.3 Å². The number of amides is 1. The maximum absolute atomic E-state index is 11.9. The van der Waals surface area contributed by atoms with Crippen LogP contribution in [-0.2, 0) is 4.79 Å². The van der Waals surface area contributed by atoms with Gasteiger partial charge in [-0.15, -0.1) is 12.4 Å². The zero-order valence-electron chi connectivity index (χ0n) is 9.37. The molecule has 1 heterocycles. The van der Waals surface area contributed by atoms with E-state index in [9.17, 15) is 4.79 Å². The molecule has 1 amide bonds. The van der Waals surface area contributed by atoms with Gasteiger partial charge in [0.25, 0.3) is 0 Å². The molecule has 0 spiro atoms. The van der Waals surface area contributed by atoms with E-state index in [1.165, 1.54) is 6.42 Å². The fourth-order valence-corrected chi connectivity index (χ4v) is 2.32. The van der Waals surface area contributed by atoms with E-state index in [1.54, 1.807) is 0 Å². The number of hydrogen-bond donors (Lipinski definition) is 1. The lowest BCUT2D eigenvalue weighted by Crippen LogP contribution is -2.47. The highest BCUT2D eigenvalue weighted by Crippen LogP contribution is 2.29. The minimum Gasteiger partial charge on any atom is -0.342 e. The first kappa shape index (κ1) is 12.8. The summed E-state index contributed by atoms with van der Waals surface area (Å²) in [5.74, 6) is 0.748. The highest BCUT2D eigenvalue weighted by Gasteiger charge is 2.31. The molecule has 1 aliphatic heterocycles. The van der Waals surface area contributed by atoms with Gasteiger partial charge in [-0.2, -0.15) is 0 Å². The number of piperidine rings is 1. The number of nitrogens with one attached hydrogen (secondary N) is 1. The molecule has 0 aromatic heterocycles. The topological polar surface area (TPSA) is 32.3 Å². The van der Waals surface area contributed by atoms with Crippen molar-refractivity contribution in [1.82, 2.24) is 10.2 Å². The number of carbonyl (C=O) groups is 1. The molecule has 0 aromatic carbocycles. The Balaban J connectivity index is 0.00000112.